The molecule has 1 saturated carbocycles. The predicted octanol–water partition coefficient (Wildman–Crippen LogP) is 5.30. The molecule has 5 aromatic rings. The summed E-state index contributed by atoms with van der Waals surface area (Å²) in [5.74, 6) is -1.37. The third kappa shape index (κ3) is 8.68. The summed E-state index contributed by atoms with van der Waals surface area (Å²) < 4.78 is 18.5. The highest BCUT2D eigenvalue weighted by Gasteiger charge is 2.40. The van der Waals surface area contributed by atoms with Crippen molar-refractivity contribution in [3.8, 4) is 5.82 Å². The summed E-state index contributed by atoms with van der Waals surface area (Å²) >= 11 is 0. The Hall–Kier alpha value is -6.46. The fraction of sp³-hybridized carbons (Fsp3) is 0.449. The minimum atomic E-state index is -1.12. The van der Waals surface area contributed by atoms with Gasteiger partial charge in [-0.1, -0.05) is 18.2 Å². The van der Waals surface area contributed by atoms with Gasteiger partial charge in [-0.3, -0.25) is 29.4 Å². The van der Waals surface area contributed by atoms with Crippen LogP contribution in [0.2, 0.25) is 0 Å². The van der Waals surface area contributed by atoms with Gasteiger partial charge in [0.1, 0.15) is 22.8 Å². The van der Waals surface area contributed by atoms with Crippen molar-refractivity contribution >= 4 is 51.8 Å². The summed E-state index contributed by atoms with van der Waals surface area (Å²) in [6, 6.07) is 18.2. The van der Waals surface area contributed by atoms with Gasteiger partial charge in [-0.05, 0) is 125 Å². The number of amides is 3. The van der Waals surface area contributed by atoms with E-state index < -0.39 is 29.3 Å². The van der Waals surface area contributed by atoms with Crippen molar-refractivity contribution in [2.75, 3.05) is 54.4 Å². The molecule has 4 N–H and O–H groups in total. The second-order valence-electron chi connectivity index (χ2n) is 18.8. The molecule has 7 heterocycles. The Morgan fingerprint density at radius 3 is 2.33 bits per heavy atom. The van der Waals surface area contributed by atoms with Gasteiger partial charge < -0.3 is 25.5 Å². The van der Waals surface area contributed by atoms with E-state index in [9.17, 15) is 24.3 Å². The minimum absolute atomic E-state index is 0.113. The first-order valence-corrected chi connectivity index (χ1v) is 23.3. The van der Waals surface area contributed by atoms with Gasteiger partial charge in [0.05, 0.1) is 17.8 Å². The summed E-state index contributed by atoms with van der Waals surface area (Å²) in [5, 5.41) is 19.7. The number of fused-ring (bicyclic) bond motifs is 6. The van der Waals surface area contributed by atoms with Gasteiger partial charge in [0.25, 0.3) is 11.5 Å². The molecule has 1 unspecified atom stereocenters. The number of hydrogen-bond donors (Lipinski definition) is 4. The lowest BCUT2D eigenvalue weighted by Gasteiger charge is -2.49. The van der Waals surface area contributed by atoms with Crippen LogP contribution in [-0.4, -0.2) is 103 Å². The number of carbonyl (C=O) groups excluding carboxylic acids is 3. The van der Waals surface area contributed by atoms with E-state index in [2.05, 4.69) is 47.8 Å². The van der Waals surface area contributed by atoms with Crippen LogP contribution >= 0.6 is 0 Å². The van der Waals surface area contributed by atoms with E-state index in [0.717, 1.165) is 69.2 Å². The summed E-state index contributed by atoms with van der Waals surface area (Å²) in [7, 11) is 0. The molecule has 16 nitrogen and oxygen atoms in total. The van der Waals surface area contributed by atoms with Crippen molar-refractivity contribution in [1.29, 1.82) is 0 Å². The Morgan fingerprint density at radius 1 is 0.848 bits per heavy atom. The largest absolute Gasteiger partial charge is 0.384 e. The molecule has 10 rings (SSSR count). The smallest absolute Gasteiger partial charge is 0.278 e. The molecular weight excluding hydrogens is 842 g/mol. The third-order valence-corrected chi connectivity index (χ3v) is 14.7. The molecule has 0 radical (unpaired) electrons. The first-order valence-electron chi connectivity index (χ1n) is 23.3. The monoisotopic (exact) mass is 897 g/mol. The normalized spacial score (nSPS) is 23.2. The number of hydrogen-bond acceptors (Lipinski definition) is 12. The van der Waals surface area contributed by atoms with E-state index in [4.69, 9.17) is 9.97 Å². The molecule has 4 fully saturated rings. The van der Waals surface area contributed by atoms with Crippen LogP contribution in [0, 0.1) is 11.2 Å². The molecule has 4 aliphatic heterocycles. The number of allylic oxidation sites excluding steroid dienone is 2. The number of nitrogens with one attached hydrogen (secondary N) is 3. The van der Waals surface area contributed by atoms with E-state index >= 15 is 4.39 Å². The average Bonchev–Trinajstić information content (AvgIpc) is 3.59. The second-order valence-corrected chi connectivity index (χ2v) is 18.8. The minimum Gasteiger partial charge on any atom is -0.384 e. The molecule has 5 aliphatic rings. The van der Waals surface area contributed by atoms with Gasteiger partial charge in [-0.25, -0.2) is 23.7 Å². The summed E-state index contributed by atoms with van der Waals surface area (Å²) in [4.78, 5) is 71.4. The molecule has 2 atom stereocenters. The number of imide groups is 1. The first-order chi connectivity index (χ1) is 31.9. The molecule has 17 heteroatoms. The first kappa shape index (κ1) is 43.4. The maximum Gasteiger partial charge on any atom is 0.278 e. The van der Waals surface area contributed by atoms with E-state index in [0.29, 0.717) is 59.3 Å². The van der Waals surface area contributed by atoms with Crippen LogP contribution in [0.5, 0.6) is 0 Å². The summed E-state index contributed by atoms with van der Waals surface area (Å²) in [6.45, 7) is 7.70. The van der Waals surface area contributed by atoms with Crippen molar-refractivity contribution in [3.63, 3.8) is 0 Å². The van der Waals surface area contributed by atoms with Crippen LogP contribution in [0.3, 0.4) is 0 Å². The maximum absolute atomic E-state index is 15.2. The highest BCUT2D eigenvalue weighted by Crippen LogP contribution is 2.46. The number of benzene rings is 2. The van der Waals surface area contributed by atoms with Crippen LogP contribution in [0.4, 0.5) is 27.4 Å². The van der Waals surface area contributed by atoms with Crippen molar-refractivity contribution in [2.24, 2.45) is 5.41 Å². The quantitative estimate of drug-likeness (QED) is 0.122. The number of pyridine rings is 1. The Labute approximate surface area is 381 Å². The van der Waals surface area contributed by atoms with Crippen LogP contribution in [0.25, 0.3) is 16.9 Å². The number of anilines is 4. The molecule has 1 aliphatic carbocycles. The maximum atomic E-state index is 15.2. The number of halogens is 1. The van der Waals surface area contributed by atoms with Crippen molar-refractivity contribution in [2.45, 2.75) is 95.4 Å². The number of piperidine rings is 2. The van der Waals surface area contributed by atoms with Gasteiger partial charge in [0.2, 0.25) is 17.8 Å². The van der Waals surface area contributed by atoms with Gasteiger partial charge in [-0.15, -0.1) is 0 Å². The lowest BCUT2D eigenvalue weighted by Crippen LogP contribution is -2.52. The highest BCUT2D eigenvalue weighted by atomic mass is 19.1. The zero-order valence-electron chi connectivity index (χ0n) is 37.2. The van der Waals surface area contributed by atoms with Crippen LogP contribution in [0.15, 0.2) is 83.8 Å². The zero-order chi connectivity index (χ0) is 45.6. The lowest BCUT2D eigenvalue weighted by molar-refractivity contribution is -0.134. The number of piperazine rings is 1. The molecule has 344 valence electrons. The predicted molar refractivity (Wildman–Crippen MR) is 249 cm³/mol. The Morgan fingerprint density at radius 2 is 1.59 bits per heavy atom. The van der Waals surface area contributed by atoms with Crippen LogP contribution in [0.1, 0.15) is 87.2 Å². The average molecular weight is 898 g/mol. The van der Waals surface area contributed by atoms with Crippen molar-refractivity contribution in [3.05, 3.63) is 106 Å². The number of aliphatic hydroxyl groups is 1. The summed E-state index contributed by atoms with van der Waals surface area (Å²) in [5.41, 5.74) is 2.57. The number of aromatic nitrogens is 5. The number of nitrogens with zero attached hydrogens (tertiary/aromatic N) is 8. The van der Waals surface area contributed by atoms with Crippen LogP contribution in [-0.2, 0) is 21.7 Å². The number of carbonyl (C=O) groups is 3. The van der Waals surface area contributed by atoms with Crippen LogP contribution < -0.4 is 31.3 Å². The van der Waals surface area contributed by atoms with Crippen molar-refractivity contribution < 1.29 is 23.9 Å². The number of rotatable bonds is 7. The Bertz CT molecular complexity index is 2740. The van der Waals surface area contributed by atoms with Crippen molar-refractivity contribution in [1.82, 2.24) is 39.8 Å². The third-order valence-electron chi connectivity index (χ3n) is 14.7. The molecule has 2 bridgehead atoms. The SMILES string of the molecule is C[C@@]1(O)CC/C=C\Cn2c(=O)c3cnc(Nc4ccc(N5CCN(C6CCC7(CC6)CCN(c6ccc(C(=O)NC8CCC(=O)NC8=O)c(F)c6)CC7)CC5)cc4)nc3n2-c2cccc1n2. The molecule has 2 aromatic carbocycles. The topological polar surface area (TPSA) is 183 Å². The fourth-order valence-corrected chi connectivity index (χ4v) is 10.6. The van der Waals surface area contributed by atoms with E-state index in [1.807, 2.05) is 36.4 Å². The lowest BCUT2D eigenvalue weighted by atomic mass is 9.66. The Balaban J connectivity index is 0.711. The standard InChI is InChI=1S/C49H56FN11O5/c1-48(66)18-3-2-4-23-60-46(65)37-31-51-47(56-43(37)61(60)41-7-5-6-40(48)54-41)52-32-8-10-33(11-9-32)58-26-28-59(29-27-58)34-16-19-49(20-17-34)21-24-57(25-22-49)35-12-13-36(38(50)30-35)44(63)53-39-14-15-42(62)55-45(39)64/h2,4-13,30-31,34,39,66H,3,14-29H2,1H3,(H,53,63)(H,51,52,56)(H,55,62,64)/b4-2-/t39?,48-/m1/s1. The van der Waals surface area contributed by atoms with Gasteiger partial charge in [0, 0.05) is 75.0 Å². The molecule has 66 heavy (non-hydrogen) atoms. The van der Waals surface area contributed by atoms with E-state index in [-0.39, 0.29) is 29.9 Å². The molecule has 1 spiro atoms. The highest BCUT2D eigenvalue weighted by molar-refractivity contribution is 6.04. The van der Waals surface area contributed by atoms with Gasteiger partial charge in [0.15, 0.2) is 11.5 Å². The van der Waals surface area contributed by atoms with Gasteiger partial charge >= 0.3 is 0 Å². The molecule has 3 aromatic heterocycles. The molecular formula is C49H56FN11O5. The molecule has 3 amide bonds. The summed E-state index contributed by atoms with van der Waals surface area (Å²) in [6.07, 6.45) is 13.8. The van der Waals surface area contributed by atoms with E-state index in [1.54, 1.807) is 34.6 Å². The Kier molecular flexibility index (Phi) is 11.7. The zero-order valence-corrected chi connectivity index (χ0v) is 37.2. The van der Waals surface area contributed by atoms with Gasteiger partial charge in [-0.2, -0.15) is 4.98 Å². The van der Waals surface area contributed by atoms with E-state index in [1.165, 1.54) is 37.8 Å². The second kappa shape index (κ2) is 17.7. The molecule has 3 saturated heterocycles. The fourth-order valence-electron chi connectivity index (χ4n) is 10.6.